The molecule has 2 aliphatic rings. The molecule has 0 bridgehead atoms. The highest BCUT2D eigenvalue weighted by Gasteiger charge is 2.52. The number of carboxylic acids is 1. The number of carboxylic acid groups (broad SMARTS) is 1. The quantitative estimate of drug-likeness (QED) is 0.141. The van der Waals surface area contributed by atoms with E-state index in [1.54, 1.807) is 22.2 Å². The molecule has 0 aromatic carbocycles. The number of aromatic nitrogens is 4. The van der Waals surface area contributed by atoms with Crippen molar-refractivity contribution in [3.63, 3.8) is 0 Å². The number of fused-ring (bicyclic) bond motifs is 1. The van der Waals surface area contributed by atoms with Crippen LogP contribution < -0.4 is 20.7 Å². The zero-order valence-corrected chi connectivity index (χ0v) is 20.5. The molecule has 37 heavy (non-hydrogen) atoms. The Balaban J connectivity index is 1.21. The fourth-order valence-electron chi connectivity index (χ4n) is 3.75. The smallest absolute Gasteiger partial charge is 0.287 e. The van der Waals surface area contributed by atoms with Crippen molar-refractivity contribution in [1.82, 2.24) is 25.2 Å². The van der Waals surface area contributed by atoms with Crippen molar-refractivity contribution in [3.8, 4) is 11.5 Å². The first-order valence-corrected chi connectivity index (χ1v) is 12.6. The van der Waals surface area contributed by atoms with E-state index in [0.717, 1.165) is 11.1 Å². The summed E-state index contributed by atoms with van der Waals surface area (Å²) in [4.78, 5) is 55.2. The van der Waals surface area contributed by atoms with Crippen molar-refractivity contribution < 1.29 is 33.3 Å². The van der Waals surface area contributed by atoms with Gasteiger partial charge in [-0.15, -0.1) is 23.1 Å². The van der Waals surface area contributed by atoms with Crippen LogP contribution in [0, 0.1) is 0 Å². The fourth-order valence-corrected chi connectivity index (χ4v) is 5.63. The number of thioether (sulfide) groups is 1. The Kier molecular flexibility index (Phi) is 6.82. The molecular formula is C21H18N8O6S2. The molecule has 3 aromatic rings. The van der Waals surface area contributed by atoms with Gasteiger partial charge in [-0.1, -0.05) is 5.16 Å². The van der Waals surface area contributed by atoms with Crippen LogP contribution in [0.25, 0.3) is 11.5 Å². The summed E-state index contributed by atoms with van der Waals surface area (Å²) in [6.07, 6.45) is 6.97. The van der Waals surface area contributed by atoms with Gasteiger partial charge in [-0.2, -0.15) is 0 Å². The number of nitrogens with two attached hydrogens (primary N) is 1. The Morgan fingerprint density at radius 3 is 3.00 bits per heavy atom. The summed E-state index contributed by atoms with van der Waals surface area (Å²) >= 11 is 2.59. The first kappa shape index (κ1) is 24.4. The van der Waals surface area contributed by atoms with E-state index in [0.29, 0.717) is 33.6 Å². The van der Waals surface area contributed by atoms with Gasteiger partial charge >= 0.3 is 0 Å². The third kappa shape index (κ3) is 5.14. The van der Waals surface area contributed by atoms with Gasteiger partial charge < -0.3 is 30.2 Å². The van der Waals surface area contributed by atoms with Crippen molar-refractivity contribution in [2.45, 2.75) is 24.6 Å². The summed E-state index contributed by atoms with van der Waals surface area (Å²) in [5.74, 6) is -1.87. The Morgan fingerprint density at radius 1 is 1.46 bits per heavy atom. The van der Waals surface area contributed by atoms with Gasteiger partial charge in [0.15, 0.2) is 23.9 Å². The molecule has 2 atom stereocenters. The van der Waals surface area contributed by atoms with E-state index in [4.69, 9.17) is 15.0 Å². The Hall–Kier alpha value is -4.31. The summed E-state index contributed by atoms with van der Waals surface area (Å²) in [5.41, 5.74) is 6.95. The summed E-state index contributed by atoms with van der Waals surface area (Å²) in [7, 11) is 0. The molecule has 2 amide bonds. The maximum absolute atomic E-state index is 12.8. The topological polar surface area (TPSA) is 193 Å². The molecule has 5 heterocycles. The highest BCUT2D eigenvalue weighted by Crippen LogP contribution is 2.40. The number of hydrogen-bond acceptors (Lipinski definition) is 13. The van der Waals surface area contributed by atoms with Crippen molar-refractivity contribution in [1.29, 1.82) is 0 Å². The zero-order chi connectivity index (χ0) is 25.9. The lowest BCUT2D eigenvalue weighted by Crippen LogP contribution is -2.71. The molecule has 0 spiro atoms. The molecule has 2 aliphatic heterocycles. The molecule has 0 radical (unpaired) electrons. The third-order valence-electron chi connectivity index (χ3n) is 5.39. The number of aliphatic carboxylic acids is 1. The number of oxime groups is 1. The first-order valence-electron chi connectivity index (χ1n) is 10.7. The van der Waals surface area contributed by atoms with Gasteiger partial charge in [0, 0.05) is 22.8 Å². The lowest BCUT2D eigenvalue weighted by molar-refractivity contribution is -0.691. The Morgan fingerprint density at radius 2 is 2.32 bits per heavy atom. The molecule has 0 aliphatic carbocycles. The van der Waals surface area contributed by atoms with Gasteiger partial charge in [-0.05, 0) is 4.98 Å². The van der Waals surface area contributed by atoms with Crippen LogP contribution in [0.15, 0.2) is 57.4 Å². The largest absolute Gasteiger partial charge is 0.543 e. The van der Waals surface area contributed by atoms with Gasteiger partial charge in [-0.3, -0.25) is 14.5 Å². The lowest BCUT2D eigenvalue weighted by atomic mass is 10.0. The van der Waals surface area contributed by atoms with Crippen LogP contribution in [0.5, 0.6) is 0 Å². The summed E-state index contributed by atoms with van der Waals surface area (Å²) < 4.78 is 6.89. The second-order valence-corrected chi connectivity index (χ2v) is 9.80. The summed E-state index contributed by atoms with van der Waals surface area (Å²) in [5, 5.41) is 19.6. The molecule has 5 rings (SSSR count). The second-order valence-electron chi connectivity index (χ2n) is 7.80. The van der Waals surface area contributed by atoms with Crippen molar-refractivity contribution in [2.24, 2.45) is 5.16 Å². The van der Waals surface area contributed by atoms with Crippen LogP contribution in [0.3, 0.4) is 0 Å². The summed E-state index contributed by atoms with van der Waals surface area (Å²) in [6.45, 7) is 0.215. The number of nitrogen functional groups attached to an aromatic ring is 1. The van der Waals surface area contributed by atoms with E-state index < -0.39 is 29.2 Å². The molecule has 2 unspecified atom stereocenters. The maximum Gasteiger partial charge on any atom is 0.287 e. The van der Waals surface area contributed by atoms with Crippen LogP contribution in [0.4, 0.5) is 5.13 Å². The Bertz CT molecular complexity index is 1390. The van der Waals surface area contributed by atoms with Gasteiger partial charge in [0.25, 0.3) is 18.1 Å². The van der Waals surface area contributed by atoms with Crippen LogP contribution >= 0.6 is 23.1 Å². The molecule has 14 nitrogen and oxygen atoms in total. The minimum Gasteiger partial charge on any atom is -0.543 e. The fraction of sp³-hybridized carbons (Fsp3) is 0.238. The standard InChI is InChI=1S/C21H18N8O6S2/c22-21-26-12(8-37-21)6-35-25-4-15(30)27-16-18(31)29-17(20(32)33)11(7-36-19(16)29)5-28-2-1-13(24-9-28)14-3-23-10-34-14/h1-4,8-10,16,19H,5-7H2,(H3-,22,26,27,30,32,33). The summed E-state index contributed by atoms with van der Waals surface area (Å²) in [6, 6.07) is 0.796. The maximum atomic E-state index is 12.8. The Labute approximate surface area is 216 Å². The number of oxazole rings is 1. The van der Waals surface area contributed by atoms with E-state index in [9.17, 15) is 19.5 Å². The number of nitrogens with one attached hydrogen (secondary N) is 1. The number of amides is 2. The number of carbonyl (C=O) groups excluding carboxylic acids is 3. The van der Waals surface area contributed by atoms with Crippen molar-refractivity contribution in [3.05, 3.63) is 53.5 Å². The van der Waals surface area contributed by atoms with Crippen LogP contribution in [-0.4, -0.2) is 61.0 Å². The van der Waals surface area contributed by atoms with E-state index in [2.05, 4.69) is 25.4 Å². The van der Waals surface area contributed by atoms with E-state index in [-0.39, 0.29) is 18.8 Å². The number of carbonyl (C=O) groups is 3. The van der Waals surface area contributed by atoms with Crippen LogP contribution in [-0.2, 0) is 32.4 Å². The van der Waals surface area contributed by atoms with E-state index >= 15 is 0 Å². The van der Waals surface area contributed by atoms with Gasteiger partial charge in [0.2, 0.25) is 5.69 Å². The van der Waals surface area contributed by atoms with Crippen molar-refractivity contribution >= 4 is 52.2 Å². The minimum atomic E-state index is -1.47. The number of β-lactam (4-membered cyclic amide) rings is 1. The molecule has 3 N–H and O–H groups in total. The normalized spacial score (nSPS) is 19.0. The lowest BCUT2D eigenvalue weighted by Gasteiger charge is -2.50. The molecule has 16 heteroatoms. The van der Waals surface area contributed by atoms with Crippen molar-refractivity contribution in [2.75, 3.05) is 11.5 Å². The number of rotatable bonds is 9. The SMILES string of the molecule is Nc1nc(CON=CC(=O)NC2C(=O)N3C(C(=O)[O-])=C(C[n+]4ccc(-c5cnco5)nc4)CSC23)cs1. The highest BCUT2D eigenvalue weighted by atomic mass is 32.2. The molecule has 0 saturated carbocycles. The first-order chi connectivity index (χ1) is 17.9. The van der Waals surface area contributed by atoms with Gasteiger partial charge in [-0.25, -0.2) is 14.5 Å². The molecule has 1 saturated heterocycles. The van der Waals surface area contributed by atoms with E-state index in [1.165, 1.54) is 42.0 Å². The number of nitrogens with zero attached hydrogens (tertiary/aromatic N) is 6. The van der Waals surface area contributed by atoms with Crippen LogP contribution in [0.2, 0.25) is 0 Å². The minimum absolute atomic E-state index is 0.0327. The molecule has 1 fully saturated rings. The zero-order valence-electron chi connectivity index (χ0n) is 18.8. The number of thiazole rings is 1. The number of hydrogen-bond donors (Lipinski definition) is 2. The van der Waals surface area contributed by atoms with Gasteiger partial charge in [0.1, 0.15) is 24.2 Å². The predicted molar refractivity (Wildman–Crippen MR) is 127 cm³/mol. The predicted octanol–water partition coefficient (Wildman–Crippen LogP) is -1.33. The number of anilines is 1. The second kappa shape index (κ2) is 10.4. The third-order valence-corrected chi connectivity index (χ3v) is 7.45. The van der Waals surface area contributed by atoms with Crippen LogP contribution in [0.1, 0.15) is 5.69 Å². The highest BCUT2D eigenvalue weighted by molar-refractivity contribution is 8.00. The monoisotopic (exact) mass is 542 g/mol. The average molecular weight is 543 g/mol. The average Bonchev–Trinajstić information content (AvgIpc) is 3.57. The van der Waals surface area contributed by atoms with E-state index in [1.807, 2.05) is 0 Å². The molecule has 3 aromatic heterocycles. The van der Waals surface area contributed by atoms with Gasteiger partial charge in [0.05, 0.1) is 29.8 Å². The molecule has 190 valence electrons. The molecular weight excluding hydrogens is 524 g/mol.